The van der Waals surface area contributed by atoms with Gasteiger partial charge < -0.3 is 19.8 Å². The lowest BCUT2D eigenvalue weighted by molar-refractivity contribution is -0.119. The molecule has 8 heteroatoms. The van der Waals surface area contributed by atoms with Gasteiger partial charge >= 0.3 is 0 Å². The van der Waals surface area contributed by atoms with Gasteiger partial charge in [-0.25, -0.2) is 4.98 Å². The van der Waals surface area contributed by atoms with E-state index in [1.807, 2.05) is 36.6 Å². The number of anilines is 1. The van der Waals surface area contributed by atoms with Crippen LogP contribution in [0.3, 0.4) is 0 Å². The Balaban J connectivity index is 1.50. The van der Waals surface area contributed by atoms with Gasteiger partial charge in [0.05, 0.1) is 13.2 Å². The van der Waals surface area contributed by atoms with Crippen molar-refractivity contribution in [3.63, 3.8) is 0 Å². The standard InChI is InChI=1S/C21H23N3O4S/c1-3-27-16-7-4-15(5-8-16)6-11-20(26)24-21-23-18(13-29-21)19-10-9-17(28-19)12-22-14(2)25/h4-5,7-10,13H,3,6,11-12H2,1-2H3,(H,22,25)(H,23,24,26). The second-order valence-electron chi connectivity index (χ2n) is 6.34. The zero-order valence-corrected chi connectivity index (χ0v) is 17.2. The third-order valence-corrected chi connectivity index (χ3v) is 4.81. The van der Waals surface area contributed by atoms with Crippen LogP contribution < -0.4 is 15.4 Å². The van der Waals surface area contributed by atoms with Gasteiger partial charge in [0, 0.05) is 18.7 Å². The molecule has 2 heterocycles. The third kappa shape index (κ3) is 6.18. The summed E-state index contributed by atoms with van der Waals surface area (Å²) < 4.78 is 11.1. The second kappa shape index (κ2) is 9.88. The van der Waals surface area contributed by atoms with Crippen molar-refractivity contribution in [2.45, 2.75) is 33.2 Å². The summed E-state index contributed by atoms with van der Waals surface area (Å²) in [6.45, 7) is 4.36. The summed E-state index contributed by atoms with van der Waals surface area (Å²) in [4.78, 5) is 27.6. The number of ether oxygens (including phenoxy) is 1. The van der Waals surface area contributed by atoms with Gasteiger partial charge in [0.25, 0.3) is 0 Å². The maximum absolute atomic E-state index is 12.2. The number of benzene rings is 1. The molecule has 3 rings (SSSR count). The molecule has 7 nitrogen and oxygen atoms in total. The molecular weight excluding hydrogens is 390 g/mol. The first kappa shape index (κ1) is 20.6. The van der Waals surface area contributed by atoms with Gasteiger partial charge in [0.1, 0.15) is 17.2 Å². The van der Waals surface area contributed by atoms with Crippen LogP contribution in [0.4, 0.5) is 5.13 Å². The molecule has 29 heavy (non-hydrogen) atoms. The molecule has 0 aliphatic heterocycles. The lowest BCUT2D eigenvalue weighted by Crippen LogP contribution is -2.18. The van der Waals surface area contributed by atoms with Gasteiger partial charge in [-0.15, -0.1) is 11.3 Å². The lowest BCUT2D eigenvalue weighted by Gasteiger charge is -2.05. The number of nitrogens with one attached hydrogen (secondary N) is 2. The molecule has 3 aromatic rings. The van der Waals surface area contributed by atoms with Crippen molar-refractivity contribution in [2.75, 3.05) is 11.9 Å². The average molecular weight is 413 g/mol. The highest BCUT2D eigenvalue weighted by atomic mass is 32.1. The number of carbonyl (C=O) groups excluding carboxylic acids is 2. The number of nitrogens with zero attached hydrogens (tertiary/aromatic N) is 1. The summed E-state index contributed by atoms with van der Waals surface area (Å²) in [5.74, 6) is 1.85. The van der Waals surface area contributed by atoms with Gasteiger partial charge in [-0.05, 0) is 43.2 Å². The SMILES string of the molecule is CCOc1ccc(CCC(=O)Nc2nc(-c3ccc(CNC(C)=O)o3)cs2)cc1. The van der Waals surface area contributed by atoms with Crippen LogP contribution >= 0.6 is 11.3 Å². The lowest BCUT2D eigenvalue weighted by atomic mass is 10.1. The molecular formula is C21H23N3O4S. The normalized spacial score (nSPS) is 10.6. The number of furan rings is 1. The van der Waals surface area contributed by atoms with Gasteiger partial charge in [0.15, 0.2) is 10.9 Å². The van der Waals surface area contributed by atoms with Crippen LogP contribution in [0.15, 0.2) is 46.2 Å². The van der Waals surface area contributed by atoms with Crippen LogP contribution in [-0.2, 0) is 22.6 Å². The smallest absolute Gasteiger partial charge is 0.226 e. The Hall–Kier alpha value is -3.13. The Morgan fingerprint density at radius 1 is 1.17 bits per heavy atom. The van der Waals surface area contributed by atoms with E-state index in [4.69, 9.17) is 9.15 Å². The van der Waals surface area contributed by atoms with Crippen molar-refractivity contribution in [3.8, 4) is 17.2 Å². The van der Waals surface area contributed by atoms with Crippen molar-refractivity contribution >= 4 is 28.3 Å². The predicted octanol–water partition coefficient (Wildman–Crippen LogP) is 4.01. The number of aryl methyl sites for hydroxylation is 1. The molecule has 0 saturated carbocycles. The molecule has 2 N–H and O–H groups in total. The molecule has 0 radical (unpaired) electrons. The van der Waals surface area contributed by atoms with Crippen LogP contribution in [0, 0.1) is 0 Å². The second-order valence-corrected chi connectivity index (χ2v) is 7.20. The average Bonchev–Trinajstić information content (AvgIpc) is 3.35. The first-order chi connectivity index (χ1) is 14.0. The van der Waals surface area contributed by atoms with Crippen molar-refractivity contribution in [1.82, 2.24) is 10.3 Å². The number of amides is 2. The number of rotatable bonds is 9. The Morgan fingerprint density at radius 2 is 1.97 bits per heavy atom. The summed E-state index contributed by atoms with van der Waals surface area (Å²) in [6.07, 6.45) is 1.01. The molecule has 0 unspecified atom stereocenters. The van der Waals surface area contributed by atoms with E-state index < -0.39 is 0 Å². The van der Waals surface area contributed by atoms with Crippen molar-refractivity contribution in [1.29, 1.82) is 0 Å². The minimum atomic E-state index is -0.119. The van der Waals surface area contributed by atoms with E-state index in [0.717, 1.165) is 11.3 Å². The van der Waals surface area contributed by atoms with E-state index in [0.29, 0.717) is 48.3 Å². The van der Waals surface area contributed by atoms with Crippen LogP contribution in [0.1, 0.15) is 31.6 Å². The van der Waals surface area contributed by atoms with E-state index in [-0.39, 0.29) is 11.8 Å². The highest BCUT2D eigenvalue weighted by Gasteiger charge is 2.11. The molecule has 2 amide bonds. The number of aromatic nitrogens is 1. The highest BCUT2D eigenvalue weighted by molar-refractivity contribution is 7.14. The van der Waals surface area contributed by atoms with Crippen molar-refractivity contribution < 1.29 is 18.7 Å². The van der Waals surface area contributed by atoms with Crippen LogP contribution in [0.2, 0.25) is 0 Å². The summed E-state index contributed by atoms with van der Waals surface area (Å²) in [5, 5.41) is 7.85. The number of thiazole rings is 1. The number of hydrogen-bond acceptors (Lipinski definition) is 6. The predicted molar refractivity (Wildman–Crippen MR) is 112 cm³/mol. The fourth-order valence-corrected chi connectivity index (χ4v) is 3.34. The first-order valence-electron chi connectivity index (χ1n) is 9.34. The largest absolute Gasteiger partial charge is 0.494 e. The minimum Gasteiger partial charge on any atom is -0.494 e. The molecule has 0 saturated heterocycles. The zero-order chi connectivity index (χ0) is 20.6. The fraction of sp³-hybridized carbons (Fsp3) is 0.286. The van der Waals surface area contributed by atoms with Crippen LogP contribution in [0.5, 0.6) is 5.75 Å². The maximum Gasteiger partial charge on any atom is 0.226 e. The quantitative estimate of drug-likeness (QED) is 0.553. The van der Waals surface area contributed by atoms with E-state index in [9.17, 15) is 9.59 Å². The zero-order valence-electron chi connectivity index (χ0n) is 16.4. The molecule has 0 spiro atoms. The summed E-state index contributed by atoms with van der Waals surface area (Å²) in [6, 6.07) is 11.3. The molecule has 0 aliphatic carbocycles. The Bertz CT molecular complexity index is 962. The van der Waals surface area contributed by atoms with Crippen molar-refractivity contribution in [3.05, 3.63) is 53.1 Å². The fourth-order valence-electron chi connectivity index (χ4n) is 2.63. The molecule has 0 atom stereocenters. The van der Waals surface area contributed by atoms with Gasteiger partial charge in [-0.1, -0.05) is 12.1 Å². The van der Waals surface area contributed by atoms with E-state index in [1.165, 1.54) is 18.3 Å². The van der Waals surface area contributed by atoms with E-state index in [2.05, 4.69) is 15.6 Å². The molecule has 0 fully saturated rings. The van der Waals surface area contributed by atoms with Gasteiger partial charge in [-0.2, -0.15) is 0 Å². The molecule has 152 valence electrons. The molecule has 2 aromatic heterocycles. The summed E-state index contributed by atoms with van der Waals surface area (Å²) >= 11 is 1.34. The number of hydrogen-bond donors (Lipinski definition) is 2. The van der Waals surface area contributed by atoms with Crippen LogP contribution in [-0.4, -0.2) is 23.4 Å². The van der Waals surface area contributed by atoms with Gasteiger partial charge in [0.2, 0.25) is 11.8 Å². The van der Waals surface area contributed by atoms with E-state index in [1.54, 1.807) is 12.1 Å². The molecule has 1 aromatic carbocycles. The minimum absolute atomic E-state index is 0.0921. The third-order valence-electron chi connectivity index (χ3n) is 4.05. The number of carbonyl (C=O) groups is 2. The van der Waals surface area contributed by atoms with Crippen molar-refractivity contribution in [2.24, 2.45) is 0 Å². The Morgan fingerprint density at radius 3 is 2.69 bits per heavy atom. The monoisotopic (exact) mass is 413 g/mol. The van der Waals surface area contributed by atoms with Gasteiger partial charge in [-0.3, -0.25) is 9.59 Å². The topological polar surface area (TPSA) is 93.5 Å². The summed E-state index contributed by atoms with van der Waals surface area (Å²) in [5.41, 5.74) is 1.72. The molecule has 0 bridgehead atoms. The highest BCUT2D eigenvalue weighted by Crippen LogP contribution is 2.26. The van der Waals surface area contributed by atoms with E-state index >= 15 is 0 Å². The first-order valence-corrected chi connectivity index (χ1v) is 10.2. The Labute approximate surface area is 173 Å². The Kier molecular flexibility index (Phi) is 7.02. The van der Waals surface area contributed by atoms with Crippen LogP contribution in [0.25, 0.3) is 11.5 Å². The molecule has 0 aliphatic rings. The summed E-state index contributed by atoms with van der Waals surface area (Å²) in [7, 11) is 0. The maximum atomic E-state index is 12.2.